The molecule has 2 aliphatic rings. The van der Waals surface area contributed by atoms with Crippen LogP contribution in [0.2, 0.25) is 0 Å². The minimum atomic E-state index is -5.19. The Morgan fingerprint density at radius 3 is 2.47 bits per heavy atom. The van der Waals surface area contributed by atoms with Crippen LogP contribution in [0.4, 0.5) is 13.2 Å². The molecule has 0 saturated carbocycles. The summed E-state index contributed by atoms with van der Waals surface area (Å²) in [4.78, 5) is 19.9. The minimum absolute atomic E-state index is 0.155. The van der Waals surface area contributed by atoms with Crippen LogP contribution in [0.5, 0.6) is 0 Å². The van der Waals surface area contributed by atoms with E-state index in [0.717, 1.165) is 11.3 Å². The van der Waals surface area contributed by atoms with Gasteiger partial charge < -0.3 is 9.90 Å². The zero-order chi connectivity index (χ0) is 13.1. The SMILES string of the molecule is O=C([O-])C(F)(F)F.O=C1C=CC=C2CSC=C12. The summed E-state index contributed by atoms with van der Waals surface area (Å²) in [5, 5.41) is 10.7. The largest absolute Gasteiger partial charge is 0.542 e. The first kappa shape index (κ1) is 13.6. The van der Waals surface area contributed by atoms with Crippen molar-refractivity contribution in [3.8, 4) is 0 Å². The van der Waals surface area contributed by atoms with E-state index in [1.54, 1.807) is 17.8 Å². The lowest BCUT2D eigenvalue weighted by Gasteiger charge is -2.03. The van der Waals surface area contributed by atoms with Crippen LogP contribution >= 0.6 is 11.8 Å². The second kappa shape index (κ2) is 5.22. The fourth-order valence-electron chi connectivity index (χ4n) is 1.06. The van der Waals surface area contributed by atoms with Gasteiger partial charge in [0.05, 0.1) is 0 Å². The van der Waals surface area contributed by atoms with Crippen molar-refractivity contribution in [3.63, 3.8) is 0 Å². The number of fused-ring (bicyclic) bond motifs is 1. The van der Waals surface area contributed by atoms with Gasteiger partial charge in [-0.05, 0) is 17.1 Å². The Kier molecular flexibility index (Phi) is 4.17. The van der Waals surface area contributed by atoms with Crippen LogP contribution in [0.25, 0.3) is 0 Å². The van der Waals surface area contributed by atoms with Crippen LogP contribution in [0.3, 0.4) is 0 Å². The van der Waals surface area contributed by atoms with Gasteiger partial charge in [0.25, 0.3) is 0 Å². The van der Waals surface area contributed by atoms with Crippen molar-refractivity contribution in [2.75, 3.05) is 5.75 Å². The highest BCUT2D eigenvalue weighted by atomic mass is 32.2. The maximum Gasteiger partial charge on any atom is 0.430 e. The Morgan fingerprint density at radius 1 is 1.41 bits per heavy atom. The van der Waals surface area contributed by atoms with Gasteiger partial charge in [-0.15, -0.1) is 11.8 Å². The fourth-order valence-corrected chi connectivity index (χ4v) is 2.01. The topological polar surface area (TPSA) is 57.2 Å². The first-order valence-corrected chi connectivity index (χ1v) is 5.39. The smallest absolute Gasteiger partial charge is 0.430 e. The van der Waals surface area contributed by atoms with Gasteiger partial charge in [-0.3, -0.25) is 4.79 Å². The van der Waals surface area contributed by atoms with Gasteiger partial charge in [0.2, 0.25) is 0 Å². The molecule has 0 spiro atoms. The Hall–Kier alpha value is -1.50. The van der Waals surface area contributed by atoms with Crippen LogP contribution in [-0.4, -0.2) is 23.7 Å². The van der Waals surface area contributed by atoms with E-state index >= 15 is 0 Å². The standard InChI is InChI=1S/C8H6OS.C2HF3O2/c9-8-3-1-2-6-4-10-5-7(6)8;3-2(4,5)1(6)7/h1-3,5H,4H2;(H,6,7)/p-1. The molecule has 0 aromatic rings. The van der Waals surface area contributed by atoms with Crippen molar-refractivity contribution < 1.29 is 27.9 Å². The molecule has 0 fully saturated rings. The summed E-state index contributed by atoms with van der Waals surface area (Å²) in [6, 6.07) is 0. The number of thioether (sulfide) groups is 1. The molecule has 17 heavy (non-hydrogen) atoms. The van der Waals surface area contributed by atoms with Crippen LogP contribution < -0.4 is 5.11 Å². The Bertz CT molecular complexity index is 433. The number of rotatable bonds is 0. The van der Waals surface area contributed by atoms with E-state index in [9.17, 15) is 18.0 Å². The second-order valence-corrected chi connectivity index (χ2v) is 3.90. The average molecular weight is 263 g/mol. The molecule has 0 radical (unpaired) electrons. The van der Waals surface area contributed by atoms with Gasteiger partial charge in [0, 0.05) is 11.3 Å². The molecular weight excluding hydrogens is 257 g/mol. The summed E-state index contributed by atoms with van der Waals surface area (Å²) in [5.74, 6) is -1.89. The van der Waals surface area contributed by atoms with E-state index in [2.05, 4.69) is 0 Å². The lowest BCUT2D eigenvalue weighted by atomic mass is 10.0. The Morgan fingerprint density at radius 2 is 2.00 bits per heavy atom. The van der Waals surface area contributed by atoms with Crippen molar-refractivity contribution in [2.24, 2.45) is 0 Å². The molecule has 0 atom stereocenters. The van der Waals surface area contributed by atoms with E-state index in [-0.39, 0.29) is 5.78 Å². The van der Waals surface area contributed by atoms with Gasteiger partial charge in [-0.2, -0.15) is 13.2 Å². The Labute approximate surface area is 98.7 Å². The Balaban J connectivity index is 0.000000185. The molecule has 0 saturated heterocycles. The third-order valence-electron chi connectivity index (χ3n) is 1.83. The first-order chi connectivity index (χ1) is 7.82. The summed E-state index contributed by atoms with van der Waals surface area (Å²) in [7, 11) is 0. The number of halogens is 3. The minimum Gasteiger partial charge on any atom is -0.542 e. The van der Waals surface area contributed by atoms with E-state index in [0.29, 0.717) is 0 Å². The molecule has 0 aromatic heterocycles. The van der Waals surface area contributed by atoms with Crippen LogP contribution in [-0.2, 0) is 9.59 Å². The van der Waals surface area contributed by atoms with Gasteiger partial charge >= 0.3 is 6.18 Å². The number of carboxylic acids is 1. The summed E-state index contributed by atoms with van der Waals surface area (Å²) < 4.78 is 31.5. The van der Waals surface area contributed by atoms with Crippen molar-refractivity contribution >= 4 is 23.5 Å². The molecule has 0 bridgehead atoms. The number of alkyl halides is 3. The molecule has 0 amide bonds. The van der Waals surface area contributed by atoms with Crippen LogP contribution in [0.15, 0.2) is 34.8 Å². The van der Waals surface area contributed by atoms with Crippen molar-refractivity contribution in [1.29, 1.82) is 0 Å². The summed E-state index contributed by atoms with van der Waals surface area (Å²) in [6.45, 7) is 0. The van der Waals surface area contributed by atoms with E-state index in [1.165, 1.54) is 5.57 Å². The van der Waals surface area contributed by atoms with Gasteiger partial charge in [0.15, 0.2) is 5.78 Å². The third-order valence-corrected chi connectivity index (χ3v) is 2.71. The monoisotopic (exact) mass is 263 g/mol. The van der Waals surface area contributed by atoms with E-state index < -0.39 is 12.1 Å². The molecule has 3 nitrogen and oxygen atoms in total. The number of carbonyl (C=O) groups is 2. The third kappa shape index (κ3) is 3.77. The summed E-state index contributed by atoms with van der Waals surface area (Å²) >= 11 is 1.69. The summed E-state index contributed by atoms with van der Waals surface area (Å²) in [5.41, 5.74) is 2.07. The molecule has 92 valence electrons. The second-order valence-electron chi connectivity index (χ2n) is 3.04. The average Bonchev–Trinajstić information content (AvgIpc) is 2.66. The number of aliphatic carboxylic acids is 1. The van der Waals surface area contributed by atoms with Crippen molar-refractivity contribution in [2.45, 2.75) is 6.18 Å². The highest BCUT2D eigenvalue weighted by Crippen LogP contribution is 2.30. The number of allylic oxidation sites excluding steroid dienone is 4. The number of carbonyl (C=O) groups excluding carboxylic acids is 2. The fraction of sp³-hybridized carbons (Fsp3) is 0.200. The molecule has 1 aliphatic carbocycles. The van der Waals surface area contributed by atoms with E-state index in [1.807, 2.05) is 17.6 Å². The predicted octanol–water partition coefficient (Wildman–Crippen LogP) is 0.981. The molecule has 1 heterocycles. The molecule has 0 aromatic carbocycles. The number of ketones is 1. The van der Waals surface area contributed by atoms with Gasteiger partial charge in [-0.25, -0.2) is 0 Å². The zero-order valence-electron chi connectivity index (χ0n) is 8.28. The quantitative estimate of drug-likeness (QED) is 0.653. The van der Waals surface area contributed by atoms with Crippen molar-refractivity contribution in [1.82, 2.24) is 0 Å². The number of hydrogen-bond donors (Lipinski definition) is 0. The normalized spacial score (nSPS) is 17.7. The maximum absolute atomic E-state index is 11.1. The van der Waals surface area contributed by atoms with Crippen LogP contribution in [0.1, 0.15) is 0 Å². The lowest BCUT2D eigenvalue weighted by Crippen LogP contribution is -2.37. The summed E-state index contributed by atoms with van der Waals surface area (Å²) in [6.07, 6.45) is 0.245. The lowest BCUT2D eigenvalue weighted by molar-refractivity contribution is -0.344. The predicted molar refractivity (Wildman–Crippen MR) is 53.8 cm³/mol. The molecule has 1 aliphatic heterocycles. The molecule has 0 N–H and O–H groups in total. The molecule has 0 unspecified atom stereocenters. The highest BCUT2D eigenvalue weighted by Gasteiger charge is 2.28. The van der Waals surface area contributed by atoms with Crippen LogP contribution in [0, 0.1) is 0 Å². The van der Waals surface area contributed by atoms with Gasteiger partial charge in [0.1, 0.15) is 5.97 Å². The van der Waals surface area contributed by atoms with E-state index in [4.69, 9.17) is 9.90 Å². The van der Waals surface area contributed by atoms with Crippen molar-refractivity contribution in [3.05, 3.63) is 34.8 Å². The molecule has 7 heteroatoms. The highest BCUT2D eigenvalue weighted by molar-refractivity contribution is 8.02. The number of carboxylic acid groups (broad SMARTS) is 1. The zero-order valence-corrected chi connectivity index (χ0v) is 9.10. The molecule has 2 rings (SSSR count). The molecular formula is C10H6F3O3S-. The first-order valence-electron chi connectivity index (χ1n) is 4.34. The number of hydrogen-bond acceptors (Lipinski definition) is 4. The van der Waals surface area contributed by atoms with Gasteiger partial charge in [-0.1, -0.05) is 12.2 Å². The maximum atomic E-state index is 11.1.